The number of aliphatic carboxylic acids is 2. The topological polar surface area (TPSA) is 179 Å². The van der Waals surface area contributed by atoms with E-state index >= 15 is 0 Å². The smallest absolute Gasteiger partial charge is 0.326 e. The number of carbonyl (C=O) groups excluding carboxylic acids is 3. The Hall–Kier alpha value is -2.34. The van der Waals surface area contributed by atoms with Gasteiger partial charge in [0.05, 0.1) is 6.04 Å². The van der Waals surface area contributed by atoms with E-state index in [1.807, 2.05) is 6.92 Å². The van der Waals surface area contributed by atoms with Crippen LogP contribution in [0.2, 0.25) is 0 Å². The molecule has 176 valence electrons. The Morgan fingerprint density at radius 3 is 2.35 bits per heavy atom. The maximum atomic E-state index is 13.1. The van der Waals surface area contributed by atoms with E-state index in [-0.39, 0.29) is 31.1 Å². The molecule has 5 atom stereocenters. The van der Waals surface area contributed by atoms with E-state index in [1.165, 1.54) is 4.90 Å². The highest BCUT2D eigenvalue weighted by atomic mass is 32.1. The van der Waals surface area contributed by atoms with Crippen LogP contribution >= 0.6 is 12.6 Å². The van der Waals surface area contributed by atoms with Crippen molar-refractivity contribution in [3.05, 3.63) is 0 Å². The van der Waals surface area contributed by atoms with E-state index in [0.717, 1.165) is 0 Å². The van der Waals surface area contributed by atoms with Gasteiger partial charge in [-0.2, -0.15) is 12.6 Å². The van der Waals surface area contributed by atoms with Gasteiger partial charge in [-0.05, 0) is 25.2 Å². The summed E-state index contributed by atoms with van der Waals surface area (Å²) in [5, 5.41) is 23.3. The number of rotatable bonds is 12. The maximum Gasteiger partial charge on any atom is 0.326 e. The number of nitrogens with two attached hydrogens (primary N) is 1. The van der Waals surface area contributed by atoms with Crippen LogP contribution in [0, 0.1) is 5.92 Å². The zero-order chi connectivity index (χ0) is 23.7. The Morgan fingerprint density at radius 1 is 1.19 bits per heavy atom. The molecule has 6 N–H and O–H groups in total. The molecule has 1 rings (SSSR count). The molecule has 0 aromatic heterocycles. The molecule has 0 radical (unpaired) electrons. The molecule has 31 heavy (non-hydrogen) atoms. The summed E-state index contributed by atoms with van der Waals surface area (Å²) in [6.45, 7) is 3.75. The first-order chi connectivity index (χ1) is 14.5. The van der Waals surface area contributed by atoms with Crippen LogP contribution < -0.4 is 16.4 Å². The minimum absolute atomic E-state index is 0.0343. The quantitative estimate of drug-likeness (QED) is 0.205. The normalized spacial score (nSPS) is 19.7. The van der Waals surface area contributed by atoms with Gasteiger partial charge in [-0.15, -0.1) is 0 Å². The fraction of sp³-hybridized carbons (Fsp3) is 0.737. The summed E-state index contributed by atoms with van der Waals surface area (Å²) in [5.74, 6) is -4.42. The summed E-state index contributed by atoms with van der Waals surface area (Å²) in [4.78, 5) is 61.8. The molecule has 1 aliphatic rings. The van der Waals surface area contributed by atoms with Crippen LogP contribution in [0.5, 0.6) is 0 Å². The van der Waals surface area contributed by atoms with E-state index in [1.54, 1.807) is 6.92 Å². The highest BCUT2D eigenvalue weighted by Crippen LogP contribution is 2.21. The van der Waals surface area contributed by atoms with Gasteiger partial charge in [0.25, 0.3) is 0 Å². The number of thiol groups is 1. The van der Waals surface area contributed by atoms with Gasteiger partial charge in [0.15, 0.2) is 0 Å². The second-order valence-corrected chi connectivity index (χ2v) is 8.05. The fourth-order valence-electron chi connectivity index (χ4n) is 3.32. The van der Waals surface area contributed by atoms with Crippen molar-refractivity contribution in [2.45, 2.75) is 70.1 Å². The predicted molar refractivity (Wildman–Crippen MR) is 114 cm³/mol. The molecule has 5 unspecified atom stereocenters. The molecule has 1 aliphatic heterocycles. The molecule has 11 nitrogen and oxygen atoms in total. The fourth-order valence-corrected chi connectivity index (χ4v) is 3.49. The average molecular weight is 461 g/mol. The van der Waals surface area contributed by atoms with Gasteiger partial charge >= 0.3 is 11.9 Å². The number of carbonyl (C=O) groups is 5. The van der Waals surface area contributed by atoms with Crippen molar-refractivity contribution in [1.29, 1.82) is 0 Å². The highest BCUT2D eigenvalue weighted by molar-refractivity contribution is 7.80. The van der Waals surface area contributed by atoms with Crippen LogP contribution in [-0.2, 0) is 24.0 Å². The minimum Gasteiger partial charge on any atom is -0.481 e. The van der Waals surface area contributed by atoms with Gasteiger partial charge in [0.1, 0.15) is 18.1 Å². The number of hydrogen-bond acceptors (Lipinski definition) is 7. The monoisotopic (exact) mass is 460 g/mol. The molecular formula is C19H32N4O7S. The molecule has 1 heterocycles. The van der Waals surface area contributed by atoms with E-state index in [0.29, 0.717) is 19.3 Å². The lowest BCUT2D eigenvalue weighted by Crippen LogP contribution is -2.57. The highest BCUT2D eigenvalue weighted by Gasteiger charge is 2.39. The van der Waals surface area contributed by atoms with Crippen molar-refractivity contribution in [2.24, 2.45) is 11.7 Å². The van der Waals surface area contributed by atoms with Crippen LogP contribution in [0.25, 0.3) is 0 Å². The van der Waals surface area contributed by atoms with E-state index in [4.69, 9.17) is 10.8 Å². The molecule has 1 saturated heterocycles. The minimum atomic E-state index is -1.17. The van der Waals surface area contributed by atoms with Gasteiger partial charge in [-0.1, -0.05) is 20.3 Å². The van der Waals surface area contributed by atoms with Crippen LogP contribution in [0.3, 0.4) is 0 Å². The average Bonchev–Trinajstić information content (AvgIpc) is 3.22. The largest absolute Gasteiger partial charge is 0.481 e. The van der Waals surface area contributed by atoms with Crippen LogP contribution in [-0.4, -0.2) is 81.2 Å². The lowest BCUT2D eigenvalue weighted by atomic mass is 9.98. The second-order valence-electron chi connectivity index (χ2n) is 7.68. The summed E-state index contributed by atoms with van der Waals surface area (Å²) in [5.41, 5.74) is 5.63. The van der Waals surface area contributed by atoms with Gasteiger partial charge in [-0.3, -0.25) is 19.2 Å². The summed E-state index contributed by atoms with van der Waals surface area (Å²) >= 11 is 3.94. The third kappa shape index (κ3) is 7.69. The van der Waals surface area contributed by atoms with Gasteiger partial charge < -0.3 is 31.5 Å². The van der Waals surface area contributed by atoms with Crippen molar-refractivity contribution in [2.75, 3.05) is 12.3 Å². The second kappa shape index (κ2) is 12.5. The van der Waals surface area contributed by atoms with Crippen molar-refractivity contribution < 1.29 is 34.2 Å². The lowest BCUT2D eigenvalue weighted by Gasteiger charge is -2.30. The molecular weight excluding hydrogens is 428 g/mol. The zero-order valence-corrected chi connectivity index (χ0v) is 18.6. The Morgan fingerprint density at radius 2 is 1.84 bits per heavy atom. The molecule has 3 amide bonds. The molecule has 0 aliphatic carbocycles. The van der Waals surface area contributed by atoms with E-state index < -0.39 is 53.8 Å². The van der Waals surface area contributed by atoms with Crippen molar-refractivity contribution >= 4 is 42.3 Å². The summed E-state index contributed by atoms with van der Waals surface area (Å²) in [6.07, 6.45) is 0.849. The number of carboxylic acids is 2. The molecule has 0 spiro atoms. The third-order valence-corrected chi connectivity index (χ3v) is 5.80. The zero-order valence-electron chi connectivity index (χ0n) is 17.7. The molecule has 0 bridgehead atoms. The number of nitrogens with zero attached hydrogens (tertiary/aromatic N) is 1. The van der Waals surface area contributed by atoms with Crippen LogP contribution in [0.1, 0.15) is 46.0 Å². The SMILES string of the molecule is CCC(C)C(NC(=O)C1CCCN1C(=O)C(CCC(=O)O)NC(=O)C(N)CS)C(=O)O. The molecule has 0 aromatic carbocycles. The summed E-state index contributed by atoms with van der Waals surface area (Å²) < 4.78 is 0. The predicted octanol–water partition coefficient (Wildman–Crippen LogP) is -0.800. The number of carboxylic acid groups (broad SMARTS) is 2. The van der Waals surface area contributed by atoms with Gasteiger partial charge in [0, 0.05) is 18.7 Å². The van der Waals surface area contributed by atoms with Crippen LogP contribution in [0.15, 0.2) is 0 Å². The number of amides is 3. The van der Waals surface area contributed by atoms with E-state index in [2.05, 4.69) is 23.3 Å². The standard InChI is InChI=1S/C19H32N4O7S/c1-3-10(2)15(19(29)30)22-17(27)13-5-4-8-23(13)18(28)12(6-7-14(24)25)21-16(26)11(20)9-31/h10-13,15,31H,3-9,20H2,1-2H3,(H,21,26)(H,22,27)(H,24,25)(H,29,30). The Bertz CT molecular complexity index is 690. The molecule has 0 aromatic rings. The Balaban J connectivity index is 2.98. The van der Waals surface area contributed by atoms with Crippen molar-refractivity contribution in [3.8, 4) is 0 Å². The molecule has 0 saturated carbocycles. The van der Waals surface area contributed by atoms with E-state index in [9.17, 15) is 29.1 Å². The van der Waals surface area contributed by atoms with Crippen LogP contribution in [0.4, 0.5) is 0 Å². The molecule has 1 fully saturated rings. The first kappa shape index (κ1) is 26.7. The Kier molecular flexibility index (Phi) is 10.8. The first-order valence-electron chi connectivity index (χ1n) is 10.3. The molecule has 12 heteroatoms. The van der Waals surface area contributed by atoms with Crippen molar-refractivity contribution in [1.82, 2.24) is 15.5 Å². The van der Waals surface area contributed by atoms with Crippen molar-refractivity contribution in [3.63, 3.8) is 0 Å². The summed E-state index contributed by atoms with van der Waals surface area (Å²) in [7, 11) is 0. The third-order valence-electron chi connectivity index (χ3n) is 5.41. The Labute approximate surface area is 186 Å². The lowest BCUT2D eigenvalue weighted by molar-refractivity contribution is -0.146. The first-order valence-corrected chi connectivity index (χ1v) is 10.9. The van der Waals surface area contributed by atoms with Gasteiger partial charge in [0.2, 0.25) is 17.7 Å². The summed E-state index contributed by atoms with van der Waals surface area (Å²) in [6, 6.07) is -4.15. The maximum absolute atomic E-state index is 13.1. The number of nitrogens with one attached hydrogen (secondary N) is 2. The van der Waals surface area contributed by atoms with Gasteiger partial charge in [-0.25, -0.2) is 4.79 Å². The number of hydrogen-bond donors (Lipinski definition) is 6. The number of likely N-dealkylation sites (tertiary alicyclic amines) is 1.